The van der Waals surface area contributed by atoms with Crippen LogP contribution in [0.25, 0.3) is 0 Å². The lowest BCUT2D eigenvalue weighted by Crippen LogP contribution is -2.54. The molecule has 0 aromatic heterocycles. The molecule has 1 atom stereocenters. The molecule has 4 heterocycles. The van der Waals surface area contributed by atoms with Gasteiger partial charge in [-0.15, -0.1) is 0 Å². The lowest BCUT2D eigenvalue weighted by molar-refractivity contribution is -0.136. The van der Waals surface area contributed by atoms with Gasteiger partial charge >= 0.3 is 0 Å². The molecule has 10 nitrogen and oxygen atoms in total. The van der Waals surface area contributed by atoms with Crippen molar-refractivity contribution in [1.29, 1.82) is 0 Å². The van der Waals surface area contributed by atoms with Crippen LogP contribution in [0, 0.1) is 5.41 Å². The van der Waals surface area contributed by atoms with Gasteiger partial charge in [-0.25, -0.2) is 0 Å². The van der Waals surface area contributed by atoms with Crippen LogP contribution >= 0.6 is 0 Å². The van der Waals surface area contributed by atoms with Gasteiger partial charge in [0.2, 0.25) is 17.7 Å². The van der Waals surface area contributed by atoms with Crippen molar-refractivity contribution in [3.8, 4) is 0 Å². The molecule has 4 aliphatic rings. The standard InChI is InChI=1S/C24H29N5O5/c25-14-19(31)28-12-8-24(9-13-28)6-10-27(11-7-24)16-3-1-2-15-20(16)23(34)29(22(15)33)17-4-5-18(30)26-21(17)32/h1-3,17H,4-14,25H2,(H,26,30,32). The number of amides is 5. The SMILES string of the molecule is NCC(=O)N1CCC2(CC1)CCN(c1cccc3c1C(=O)N(C1CCC(=O)NC1=O)C3=O)CC2. The number of carbonyl (C=O) groups is 5. The van der Waals surface area contributed by atoms with E-state index in [1.807, 2.05) is 11.0 Å². The maximum Gasteiger partial charge on any atom is 0.264 e. The van der Waals surface area contributed by atoms with Crippen LogP contribution in [0.2, 0.25) is 0 Å². The van der Waals surface area contributed by atoms with E-state index in [9.17, 15) is 24.0 Å². The van der Waals surface area contributed by atoms with Crippen LogP contribution in [0.15, 0.2) is 18.2 Å². The van der Waals surface area contributed by atoms with Crippen LogP contribution in [0.3, 0.4) is 0 Å². The molecule has 10 heteroatoms. The molecule has 1 aromatic rings. The largest absolute Gasteiger partial charge is 0.371 e. The molecule has 34 heavy (non-hydrogen) atoms. The highest BCUT2D eigenvalue weighted by molar-refractivity contribution is 6.25. The summed E-state index contributed by atoms with van der Waals surface area (Å²) in [6.45, 7) is 3.00. The molecule has 1 aromatic carbocycles. The number of nitrogens with two attached hydrogens (primary N) is 1. The molecule has 0 radical (unpaired) electrons. The van der Waals surface area contributed by atoms with E-state index in [0.717, 1.165) is 62.4 Å². The Bertz CT molecular complexity index is 1070. The van der Waals surface area contributed by atoms with Gasteiger partial charge in [-0.1, -0.05) is 6.07 Å². The summed E-state index contributed by atoms with van der Waals surface area (Å²) in [5.74, 6) is -1.96. The number of rotatable bonds is 3. The minimum absolute atomic E-state index is 0.00381. The zero-order valence-electron chi connectivity index (χ0n) is 19.0. The third-order valence-electron chi connectivity index (χ3n) is 7.96. The average Bonchev–Trinajstić information content (AvgIpc) is 3.10. The fourth-order valence-electron chi connectivity index (χ4n) is 5.84. The van der Waals surface area contributed by atoms with E-state index < -0.39 is 23.8 Å². The maximum absolute atomic E-state index is 13.4. The van der Waals surface area contributed by atoms with Crippen LogP contribution in [0.4, 0.5) is 5.69 Å². The highest BCUT2D eigenvalue weighted by atomic mass is 16.2. The third-order valence-corrected chi connectivity index (χ3v) is 7.96. The zero-order valence-corrected chi connectivity index (χ0v) is 19.0. The van der Waals surface area contributed by atoms with Crippen molar-refractivity contribution >= 4 is 35.2 Å². The summed E-state index contributed by atoms with van der Waals surface area (Å²) in [6.07, 6.45) is 4.02. The molecule has 0 saturated carbocycles. The van der Waals surface area contributed by atoms with Gasteiger partial charge in [0.05, 0.1) is 23.4 Å². The highest BCUT2D eigenvalue weighted by Gasteiger charge is 2.47. The van der Waals surface area contributed by atoms with Gasteiger partial charge in [-0.2, -0.15) is 0 Å². The molecule has 5 amide bonds. The van der Waals surface area contributed by atoms with Crippen molar-refractivity contribution in [3.63, 3.8) is 0 Å². The normalized spacial score (nSPS) is 24.5. The molecule has 3 fully saturated rings. The van der Waals surface area contributed by atoms with Gasteiger partial charge in [0.25, 0.3) is 11.8 Å². The first-order valence-electron chi connectivity index (χ1n) is 11.9. The van der Waals surface area contributed by atoms with Crippen LogP contribution in [-0.4, -0.2) is 78.1 Å². The summed E-state index contributed by atoms with van der Waals surface area (Å²) >= 11 is 0. The van der Waals surface area contributed by atoms with E-state index in [0.29, 0.717) is 11.1 Å². The number of carbonyl (C=O) groups excluding carboxylic acids is 5. The summed E-state index contributed by atoms with van der Waals surface area (Å²) in [6, 6.07) is 4.29. The zero-order chi connectivity index (χ0) is 24.0. The molecular formula is C24H29N5O5. The molecule has 180 valence electrons. The topological polar surface area (TPSA) is 133 Å². The number of likely N-dealkylation sites (tertiary alicyclic amines) is 1. The molecule has 0 bridgehead atoms. The number of anilines is 1. The minimum Gasteiger partial charge on any atom is -0.371 e. The Labute approximate surface area is 197 Å². The number of fused-ring (bicyclic) bond motifs is 1. The Balaban J connectivity index is 1.32. The molecule has 0 aliphatic carbocycles. The Morgan fingerprint density at radius 3 is 2.32 bits per heavy atom. The molecule has 4 aliphatic heterocycles. The second kappa shape index (κ2) is 8.50. The first-order valence-corrected chi connectivity index (χ1v) is 11.9. The van der Waals surface area contributed by atoms with Gasteiger partial charge in [0, 0.05) is 32.6 Å². The molecule has 3 N–H and O–H groups in total. The van der Waals surface area contributed by atoms with Crippen LogP contribution < -0.4 is 16.0 Å². The number of nitrogens with zero attached hydrogens (tertiary/aromatic N) is 3. The Hall–Kier alpha value is -3.27. The average molecular weight is 468 g/mol. The summed E-state index contributed by atoms with van der Waals surface area (Å²) in [7, 11) is 0. The van der Waals surface area contributed by atoms with Gasteiger partial charge in [-0.05, 0) is 49.7 Å². The minimum atomic E-state index is -0.969. The molecule has 1 unspecified atom stereocenters. The van der Waals surface area contributed by atoms with Crippen molar-refractivity contribution in [2.75, 3.05) is 37.6 Å². The number of imide groups is 2. The summed E-state index contributed by atoms with van der Waals surface area (Å²) < 4.78 is 0. The first-order chi connectivity index (χ1) is 16.3. The van der Waals surface area contributed by atoms with Crippen molar-refractivity contribution in [2.24, 2.45) is 11.1 Å². The van der Waals surface area contributed by atoms with Gasteiger partial charge in [0.15, 0.2) is 0 Å². The molecule has 1 spiro atoms. The Morgan fingerprint density at radius 1 is 1.00 bits per heavy atom. The lowest BCUT2D eigenvalue weighted by Gasteiger charge is -2.47. The van der Waals surface area contributed by atoms with E-state index in [-0.39, 0.29) is 36.6 Å². The second-order valence-electron chi connectivity index (χ2n) is 9.72. The third kappa shape index (κ3) is 3.66. The molecule has 3 saturated heterocycles. The van der Waals surface area contributed by atoms with Crippen LogP contribution in [-0.2, 0) is 14.4 Å². The number of piperidine rings is 3. The lowest BCUT2D eigenvalue weighted by atomic mass is 9.71. The quantitative estimate of drug-likeness (QED) is 0.609. The van der Waals surface area contributed by atoms with E-state index in [2.05, 4.69) is 10.2 Å². The van der Waals surface area contributed by atoms with Crippen LogP contribution in [0.1, 0.15) is 59.2 Å². The first kappa shape index (κ1) is 22.5. The fourth-order valence-corrected chi connectivity index (χ4v) is 5.84. The summed E-state index contributed by atoms with van der Waals surface area (Å²) in [5.41, 5.74) is 7.05. The predicted molar refractivity (Wildman–Crippen MR) is 122 cm³/mol. The Morgan fingerprint density at radius 2 is 1.68 bits per heavy atom. The van der Waals surface area contributed by atoms with Gasteiger partial charge in [0.1, 0.15) is 6.04 Å². The maximum atomic E-state index is 13.4. The van der Waals surface area contributed by atoms with Crippen molar-refractivity contribution in [3.05, 3.63) is 29.3 Å². The van der Waals surface area contributed by atoms with Crippen LogP contribution in [0.5, 0.6) is 0 Å². The van der Waals surface area contributed by atoms with Crippen molar-refractivity contribution in [1.82, 2.24) is 15.1 Å². The summed E-state index contributed by atoms with van der Waals surface area (Å²) in [4.78, 5) is 67.3. The monoisotopic (exact) mass is 467 g/mol. The number of nitrogens with one attached hydrogen (secondary N) is 1. The number of benzene rings is 1. The fraction of sp³-hybridized carbons (Fsp3) is 0.542. The smallest absolute Gasteiger partial charge is 0.264 e. The van der Waals surface area contributed by atoms with E-state index in [4.69, 9.17) is 5.73 Å². The van der Waals surface area contributed by atoms with E-state index in [1.165, 1.54) is 0 Å². The van der Waals surface area contributed by atoms with Gasteiger partial charge < -0.3 is 15.5 Å². The molecular weight excluding hydrogens is 438 g/mol. The van der Waals surface area contributed by atoms with E-state index in [1.54, 1.807) is 12.1 Å². The van der Waals surface area contributed by atoms with Gasteiger partial charge in [-0.3, -0.25) is 34.2 Å². The predicted octanol–water partition coefficient (Wildman–Crippen LogP) is 0.256. The second-order valence-corrected chi connectivity index (χ2v) is 9.72. The van der Waals surface area contributed by atoms with E-state index >= 15 is 0 Å². The highest BCUT2D eigenvalue weighted by Crippen LogP contribution is 2.43. The van der Waals surface area contributed by atoms with Crippen molar-refractivity contribution < 1.29 is 24.0 Å². The summed E-state index contributed by atoms with van der Waals surface area (Å²) in [5, 5.41) is 2.23. The van der Waals surface area contributed by atoms with Crippen molar-refractivity contribution in [2.45, 2.75) is 44.6 Å². The Kier molecular flexibility index (Phi) is 5.63. The number of hydrogen-bond donors (Lipinski definition) is 2. The number of hydrogen-bond acceptors (Lipinski definition) is 7. The molecule has 5 rings (SSSR count).